The average molecular weight is 306 g/mol. The van der Waals surface area contributed by atoms with Crippen LogP contribution in [0.15, 0.2) is 29.2 Å². The fraction of sp³-hybridized carbons (Fsp3) is 0.562. The summed E-state index contributed by atoms with van der Waals surface area (Å²) in [4.78, 5) is 0.276. The minimum absolute atomic E-state index is 0.0710. The van der Waals surface area contributed by atoms with E-state index in [4.69, 9.17) is 5.26 Å². The summed E-state index contributed by atoms with van der Waals surface area (Å²) in [6.07, 6.45) is 0. The lowest BCUT2D eigenvalue weighted by atomic mass is 10.0. The Labute approximate surface area is 127 Å². The lowest BCUT2D eigenvalue weighted by Crippen LogP contribution is -2.28. The Bertz CT molecular complexity index is 653. The number of benzene rings is 1. The Balaban J connectivity index is 1.95. The molecule has 0 unspecified atom stereocenters. The molecule has 0 heterocycles. The molecule has 0 aromatic heterocycles. The van der Waals surface area contributed by atoms with Gasteiger partial charge in [0.1, 0.15) is 0 Å². The number of nitriles is 1. The van der Waals surface area contributed by atoms with Gasteiger partial charge in [0.05, 0.1) is 22.3 Å². The second kappa shape index (κ2) is 5.11. The summed E-state index contributed by atoms with van der Waals surface area (Å²) >= 11 is 0. The minimum Gasteiger partial charge on any atom is -0.312 e. The first-order chi connectivity index (χ1) is 9.63. The second-order valence-electron chi connectivity index (χ2n) is 6.79. The van der Waals surface area contributed by atoms with E-state index in [1.807, 2.05) is 6.07 Å². The smallest absolute Gasteiger partial charge is 0.179 e. The highest BCUT2D eigenvalue weighted by atomic mass is 32.2. The molecule has 4 nitrogen and oxygen atoms in total. The SMILES string of the molecule is CC1(C)C(NCCS(=O)(=O)c2ccc(C#N)cc2)C1(C)C. The summed E-state index contributed by atoms with van der Waals surface area (Å²) in [5.74, 6) is 0.0710. The minimum atomic E-state index is -3.30. The van der Waals surface area contributed by atoms with Crippen molar-refractivity contribution in [2.24, 2.45) is 10.8 Å². The van der Waals surface area contributed by atoms with Gasteiger partial charge in [-0.05, 0) is 35.1 Å². The zero-order valence-electron chi connectivity index (χ0n) is 13.0. The van der Waals surface area contributed by atoms with Crippen LogP contribution in [-0.2, 0) is 9.84 Å². The van der Waals surface area contributed by atoms with Gasteiger partial charge in [-0.25, -0.2) is 8.42 Å². The lowest BCUT2D eigenvalue weighted by molar-refractivity contribution is 0.457. The van der Waals surface area contributed by atoms with Crippen LogP contribution in [0.25, 0.3) is 0 Å². The van der Waals surface area contributed by atoms with E-state index in [1.165, 1.54) is 24.3 Å². The summed E-state index contributed by atoms with van der Waals surface area (Å²) in [7, 11) is -3.30. The third-order valence-corrected chi connectivity index (χ3v) is 6.81. The van der Waals surface area contributed by atoms with E-state index >= 15 is 0 Å². The third-order valence-electron chi connectivity index (χ3n) is 5.08. The molecule has 1 aromatic rings. The first kappa shape index (κ1) is 16.0. The number of hydrogen-bond donors (Lipinski definition) is 1. The van der Waals surface area contributed by atoms with Gasteiger partial charge in [0.25, 0.3) is 0 Å². The van der Waals surface area contributed by atoms with Crippen LogP contribution in [0, 0.1) is 22.2 Å². The molecule has 0 aliphatic heterocycles. The van der Waals surface area contributed by atoms with Crippen LogP contribution < -0.4 is 5.32 Å². The highest BCUT2D eigenvalue weighted by Crippen LogP contribution is 2.62. The van der Waals surface area contributed by atoms with Gasteiger partial charge in [-0.2, -0.15) is 5.26 Å². The number of nitrogens with one attached hydrogen (secondary N) is 1. The largest absolute Gasteiger partial charge is 0.312 e. The number of rotatable bonds is 5. The van der Waals surface area contributed by atoms with Gasteiger partial charge >= 0.3 is 0 Å². The zero-order chi connectivity index (χ0) is 15.9. The van der Waals surface area contributed by atoms with Crippen molar-refractivity contribution in [2.75, 3.05) is 12.3 Å². The second-order valence-corrected chi connectivity index (χ2v) is 8.89. The lowest BCUT2D eigenvalue weighted by Gasteiger charge is -2.08. The Kier molecular flexibility index (Phi) is 3.90. The monoisotopic (exact) mass is 306 g/mol. The molecule has 1 N–H and O–H groups in total. The van der Waals surface area contributed by atoms with Crippen LogP contribution in [0.4, 0.5) is 0 Å². The highest BCUT2D eigenvalue weighted by molar-refractivity contribution is 7.91. The van der Waals surface area contributed by atoms with E-state index in [9.17, 15) is 8.42 Å². The molecule has 0 atom stereocenters. The van der Waals surface area contributed by atoms with E-state index in [1.54, 1.807) is 0 Å². The van der Waals surface area contributed by atoms with E-state index in [0.29, 0.717) is 18.2 Å². The Morgan fingerprint density at radius 1 is 1.14 bits per heavy atom. The van der Waals surface area contributed by atoms with Crippen LogP contribution in [0.2, 0.25) is 0 Å². The van der Waals surface area contributed by atoms with Crippen molar-refractivity contribution < 1.29 is 8.42 Å². The third kappa shape index (κ3) is 2.83. The molecular formula is C16H22N2O2S. The Morgan fingerprint density at radius 2 is 1.67 bits per heavy atom. The first-order valence-corrected chi connectivity index (χ1v) is 8.74. The van der Waals surface area contributed by atoms with Crippen LogP contribution in [0.3, 0.4) is 0 Å². The van der Waals surface area contributed by atoms with Crippen molar-refractivity contribution in [2.45, 2.75) is 38.6 Å². The maximum Gasteiger partial charge on any atom is 0.179 e. The molecule has 1 aliphatic rings. The van der Waals surface area contributed by atoms with Crippen LogP contribution in [0.5, 0.6) is 0 Å². The highest BCUT2D eigenvalue weighted by Gasteiger charge is 2.64. The molecule has 0 radical (unpaired) electrons. The normalized spacial score (nSPS) is 20.0. The molecular weight excluding hydrogens is 284 g/mol. The molecule has 1 aromatic carbocycles. The topological polar surface area (TPSA) is 70.0 Å². The van der Waals surface area contributed by atoms with Gasteiger partial charge in [0.15, 0.2) is 9.84 Å². The zero-order valence-corrected chi connectivity index (χ0v) is 13.8. The molecule has 1 saturated carbocycles. The maximum absolute atomic E-state index is 12.2. The molecule has 0 amide bonds. The molecule has 114 valence electrons. The van der Waals surface area contributed by atoms with Crippen molar-refractivity contribution in [3.8, 4) is 6.07 Å². The van der Waals surface area contributed by atoms with Crippen molar-refractivity contribution >= 4 is 9.84 Å². The molecule has 2 rings (SSSR count). The van der Waals surface area contributed by atoms with Gasteiger partial charge in [-0.3, -0.25) is 0 Å². The van der Waals surface area contributed by atoms with Gasteiger partial charge in [-0.1, -0.05) is 27.7 Å². The summed E-state index contributed by atoms with van der Waals surface area (Å²) in [5, 5.41) is 12.1. The number of nitrogens with zero attached hydrogens (tertiary/aromatic N) is 1. The van der Waals surface area contributed by atoms with Crippen LogP contribution >= 0.6 is 0 Å². The van der Waals surface area contributed by atoms with Gasteiger partial charge in [-0.15, -0.1) is 0 Å². The van der Waals surface area contributed by atoms with Crippen LogP contribution in [-0.4, -0.2) is 26.8 Å². The maximum atomic E-state index is 12.2. The van der Waals surface area contributed by atoms with Crippen molar-refractivity contribution in [1.82, 2.24) is 5.32 Å². The van der Waals surface area contributed by atoms with E-state index in [0.717, 1.165) is 0 Å². The van der Waals surface area contributed by atoms with Crippen molar-refractivity contribution in [1.29, 1.82) is 5.26 Å². The van der Waals surface area contributed by atoms with E-state index < -0.39 is 9.84 Å². The summed E-state index contributed by atoms with van der Waals surface area (Å²) in [6, 6.07) is 8.40. The quantitative estimate of drug-likeness (QED) is 0.906. The number of hydrogen-bond acceptors (Lipinski definition) is 4. The van der Waals surface area contributed by atoms with Gasteiger partial charge in [0, 0.05) is 12.6 Å². The molecule has 0 saturated heterocycles. The molecule has 1 aliphatic carbocycles. The molecule has 0 spiro atoms. The standard InChI is InChI=1S/C16H22N2O2S/c1-15(2)14(16(15,3)4)18-9-10-21(19,20)13-7-5-12(11-17)6-8-13/h5-8,14,18H,9-10H2,1-4H3. The fourth-order valence-corrected chi connectivity index (χ4v) is 4.07. The van der Waals surface area contributed by atoms with E-state index in [2.05, 4.69) is 33.0 Å². The van der Waals surface area contributed by atoms with Gasteiger partial charge in [0.2, 0.25) is 0 Å². The Hall–Kier alpha value is -1.38. The molecule has 0 bridgehead atoms. The molecule has 5 heteroatoms. The van der Waals surface area contributed by atoms with Crippen LogP contribution in [0.1, 0.15) is 33.3 Å². The van der Waals surface area contributed by atoms with E-state index in [-0.39, 0.29) is 21.5 Å². The predicted molar refractivity (Wildman–Crippen MR) is 82.6 cm³/mol. The van der Waals surface area contributed by atoms with Gasteiger partial charge < -0.3 is 5.32 Å². The summed E-state index contributed by atoms with van der Waals surface area (Å²) < 4.78 is 24.5. The fourth-order valence-electron chi connectivity index (χ4n) is 2.90. The number of sulfone groups is 1. The first-order valence-electron chi connectivity index (χ1n) is 7.09. The Morgan fingerprint density at radius 3 is 2.10 bits per heavy atom. The van der Waals surface area contributed by atoms with Crippen molar-refractivity contribution in [3.05, 3.63) is 29.8 Å². The average Bonchev–Trinajstić information content (AvgIpc) is 2.81. The molecule has 21 heavy (non-hydrogen) atoms. The molecule has 1 fully saturated rings. The summed E-state index contributed by atoms with van der Waals surface area (Å²) in [6.45, 7) is 9.22. The van der Waals surface area contributed by atoms with Crippen molar-refractivity contribution in [3.63, 3.8) is 0 Å². The predicted octanol–water partition coefficient (Wildman–Crippen LogP) is 2.36. The summed E-state index contributed by atoms with van der Waals surface area (Å²) in [5.41, 5.74) is 0.865.